The molecule has 0 aromatic heterocycles. The van der Waals surface area contributed by atoms with Gasteiger partial charge in [-0.05, 0) is 19.9 Å². The highest BCUT2D eigenvalue weighted by Crippen LogP contribution is 2.50. The van der Waals surface area contributed by atoms with Gasteiger partial charge in [0.1, 0.15) is 0 Å². The number of hydrogen-bond donors (Lipinski definition) is 0. The van der Waals surface area contributed by atoms with Crippen LogP contribution in [0, 0.1) is 0 Å². The number of ether oxygens (including phenoxy) is 1. The number of carbonyl (C=O) groups is 1. The minimum absolute atomic E-state index is 0.0480. The van der Waals surface area contributed by atoms with Gasteiger partial charge in [0.05, 0.1) is 25.1 Å². The van der Waals surface area contributed by atoms with Gasteiger partial charge in [0, 0.05) is 21.2 Å². The van der Waals surface area contributed by atoms with E-state index in [9.17, 15) is 17.8 Å². The van der Waals surface area contributed by atoms with E-state index in [1.54, 1.807) is 13.8 Å². The lowest BCUT2D eigenvalue weighted by Gasteiger charge is -2.38. The Morgan fingerprint density at radius 2 is 1.68 bits per heavy atom. The molecule has 0 radical (unpaired) electrons. The van der Waals surface area contributed by atoms with E-state index in [-0.39, 0.29) is 26.3 Å². The number of likely N-dealkylation sites (tertiary alicyclic amines) is 1. The van der Waals surface area contributed by atoms with Crippen molar-refractivity contribution in [2.45, 2.75) is 44.8 Å². The molecule has 0 saturated carbocycles. The molecule has 0 spiro atoms. The Morgan fingerprint density at radius 1 is 1.16 bits per heavy atom. The van der Waals surface area contributed by atoms with Gasteiger partial charge in [0.25, 0.3) is 0 Å². The molecule has 1 saturated heterocycles. The molecule has 25 heavy (non-hydrogen) atoms. The first-order valence-electron chi connectivity index (χ1n) is 8.44. The van der Waals surface area contributed by atoms with Crippen molar-refractivity contribution in [3.8, 4) is 0 Å². The molecule has 0 aromatic carbocycles. The van der Waals surface area contributed by atoms with Gasteiger partial charge in [-0.1, -0.05) is 19.6 Å². The average molecular weight is 416 g/mol. The highest BCUT2D eigenvalue weighted by atomic mass is 32.2. The first kappa shape index (κ1) is 22.6. The fourth-order valence-electron chi connectivity index (χ4n) is 2.18. The zero-order valence-electron chi connectivity index (χ0n) is 15.7. The second-order valence-electron chi connectivity index (χ2n) is 7.19. The van der Waals surface area contributed by atoms with Crippen molar-refractivity contribution in [2.75, 3.05) is 38.4 Å². The van der Waals surface area contributed by atoms with Gasteiger partial charge >= 0.3 is 13.7 Å². The summed E-state index contributed by atoms with van der Waals surface area (Å²) in [6.07, 6.45) is -0.498. The highest BCUT2D eigenvalue weighted by Gasteiger charge is 2.44. The highest BCUT2D eigenvalue weighted by molar-refractivity contribution is 7.98. The molecular weight excluding hydrogens is 385 g/mol. The summed E-state index contributed by atoms with van der Waals surface area (Å²) in [5.74, 6) is 0. The minimum Gasteiger partial charge on any atom is -0.450 e. The van der Waals surface area contributed by atoms with E-state index in [1.165, 1.54) is 4.90 Å². The summed E-state index contributed by atoms with van der Waals surface area (Å²) in [6.45, 7) is 10.5. The molecule has 1 aliphatic heterocycles. The van der Waals surface area contributed by atoms with Crippen molar-refractivity contribution in [3.05, 3.63) is 0 Å². The first-order valence-corrected chi connectivity index (χ1v) is 15.6. The molecule has 0 unspecified atom stereocenters. The van der Waals surface area contributed by atoms with Gasteiger partial charge < -0.3 is 18.7 Å². The van der Waals surface area contributed by atoms with E-state index in [4.69, 9.17) is 13.8 Å². The molecule has 0 aromatic rings. The lowest BCUT2D eigenvalue weighted by Crippen LogP contribution is -2.57. The third kappa shape index (κ3) is 7.38. The lowest BCUT2D eigenvalue weighted by atomic mass is 10.2. The van der Waals surface area contributed by atoms with Gasteiger partial charge in [0.15, 0.2) is 15.3 Å². The van der Waals surface area contributed by atoms with Crippen LogP contribution in [0.1, 0.15) is 13.8 Å². The topological polar surface area (TPSA) is 99.2 Å². The quantitative estimate of drug-likeness (QED) is 0.399. The van der Waals surface area contributed by atoms with Crippen LogP contribution in [-0.4, -0.2) is 71.1 Å². The monoisotopic (exact) mass is 415 g/mol. The maximum absolute atomic E-state index is 12.4. The van der Waals surface area contributed by atoms with Crippen molar-refractivity contribution < 1.29 is 31.6 Å². The van der Waals surface area contributed by atoms with Gasteiger partial charge in [-0.25, -0.2) is 13.2 Å². The summed E-state index contributed by atoms with van der Waals surface area (Å²) in [7, 11) is -8.65. The Morgan fingerprint density at radius 3 is 2.12 bits per heavy atom. The number of nitrogens with zero attached hydrogens (tertiary/aromatic N) is 1. The average Bonchev–Trinajstić information content (AvgIpc) is 2.33. The van der Waals surface area contributed by atoms with Gasteiger partial charge in [-0.15, -0.1) is 0 Å². The third-order valence-electron chi connectivity index (χ3n) is 3.68. The maximum Gasteiger partial charge on any atom is 0.409 e. The normalized spacial score (nSPS) is 16.6. The lowest BCUT2D eigenvalue weighted by molar-refractivity contribution is 0.0861. The summed E-state index contributed by atoms with van der Waals surface area (Å²) in [5, 5.41) is -0.758. The third-order valence-corrected chi connectivity index (χ3v) is 10.7. The number of carbonyl (C=O) groups excluding carboxylic acids is 1. The van der Waals surface area contributed by atoms with Crippen LogP contribution in [0.2, 0.25) is 25.7 Å². The van der Waals surface area contributed by atoms with E-state index in [1.807, 2.05) is 0 Å². The van der Waals surface area contributed by atoms with Gasteiger partial charge in [-0.2, -0.15) is 0 Å². The second-order valence-corrected chi connectivity index (χ2v) is 17.6. The summed E-state index contributed by atoms with van der Waals surface area (Å²) in [6, 6.07) is 0.861. The first-order chi connectivity index (χ1) is 11.4. The molecule has 1 heterocycles. The Hall–Kier alpha value is -0.413. The van der Waals surface area contributed by atoms with Crippen LogP contribution in [0.4, 0.5) is 4.79 Å². The number of rotatable bonds is 10. The molecule has 11 heteroatoms. The molecule has 1 aliphatic rings. The maximum atomic E-state index is 12.4. The van der Waals surface area contributed by atoms with Gasteiger partial charge in [0.2, 0.25) is 0 Å². The summed E-state index contributed by atoms with van der Waals surface area (Å²) >= 11 is 0. The van der Waals surface area contributed by atoms with Crippen molar-refractivity contribution >= 4 is 31.6 Å². The summed E-state index contributed by atoms with van der Waals surface area (Å²) in [4.78, 5) is 13.2. The smallest absolute Gasteiger partial charge is 0.409 e. The zero-order chi connectivity index (χ0) is 19.3. The van der Waals surface area contributed by atoms with E-state index < -0.39 is 42.3 Å². The van der Waals surface area contributed by atoms with Crippen LogP contribution >= 0.6 is 7.60 Å². The van der Waals surface area contributed by atoms with Crippen LogP contribution in [0.15, 0.2) is 0 Å². The molecule has 0 aliphatic carbocycles. The van der Waals surface area contributed by atoms with Crippen molar-refractivity contribution in [1.29, 1.82) is 0 Å². The van der Waals surface area contributed by atoms with Crippen molar-refractivity contribution in [1.82, 2.24) is 4.90 Å². The second kappa shape index (κ2) is 8.99. The zero-order valence-corrected chi connectivity index (χ0v) is 18.4. The van der Waals surface area contributed by atoms with Gasteiger partial charge in [-0.3, -0.25) is 4.57 Å². The predicted octanol–water partition coefficient (Wildman–Crippen LogP) is 2.78. The Labute approximate surface area is 151 Å². The predicted molar refractivity (Wildman–Crippen MR) is 99.5 cm³/mol. The molecule has 1 rings (SSSR count). The molecule has 0 atom stereocenters. The number of amides is 1. The SMILES string of the molecule is CCOP(=O)(CS(=O)(=O)C1CN(C(=O)OCC[Si](C)(C)C)C1)OCC. The standard InChI is InChI=1S/C14H30NO7PSSi/c1-6-21-23(17,22-7-2)12-24(18,19)13-10-15(11-13)14(16)20-8-9-25(3,4)5/h13H,6-12H2,1-5H3. The Balaban J connectivity index is 2.51. The molecule has 0 N–H and O–H groups in total. The van der Waals surface area contributed by atoms with Crippen LogP contribution in [-0.2, 0) is 28.2 Å². The van der Waals surface area contributed by atoms with Crippen LogP contribution < -0.4 is 0 Å². The van der Waals surface area contributed by atoms with Crippen molar-refractivity contribution in [2.24, 2.45) is 0 Å². The summed E-state index contributed by atoms with van der Waals surface area (Å²) in [5.41, 5.74) is -0.662. The van der Waals surface area contributed by atoms with E-state index in [0.717, 1.165) is 6.04 Å². The van der Waals surface area contributed by atoms with Crippen LogP contribution in [0.25, 0.3) is 0 Å². The van der Waals surface area contributed by atoms with E-state index >= 15 is 0 Å². The van der Waals surface area contributed by atoms with E-state index in [0.29, 0.717) is 6.61 Å². The molecule has 8 nitrogen and oxygen atoms in total. The molecule has 0 bridgehead atoms. The Kier molecular flexibility index (Phi) is 8.14. The summed E-state index contributed by atoms with van der Waals surface area (Å²) < 4.78 is 52.4. The minimum atomic E-state index is -3.69. The fourth-order valence-corrected chi connectivity index (χ4v) is 7.77. The van der Waals surface area contributed by atoms with E-state index in [2.05, 4.69) is 19.6 Å². The number of hydrogen-bond acceptors (Lipinski definition) is 7. The molecule has 1 fully saturated rings. The van der Waals surface area contributed by atoms with Crippen LogP contribution in [0.3, 0.4) is 0 Å². The Bertz CT molecular complexity index is 589. The van der Waals surface area contributed by atoms with Crippen LogP contribution in [0.5, 0.6) is 0 Å². The fraction of sp³-hybridized carbons (Fsp3) is 0.929. The largest absolute Gasteiger partial charge is 0.450 e. The molecular formula is C14H30NO7PSSi. The molecule has 1 amide bonds. The molecule has 148 valence electrons. The van der Waals surface area contributed by atoms with Crippen molar-refractivity contribution in [3.63, 3.8) is 0 Å². The number of sulfone groups is 1.